The van der Waals surface area contributed by atoms with Crippen molar-refractivity contribution in [3.8, 4) is 6.07 Å². The minimum Gasteiger partial charge on any atom is -0.322 e. The molecule has 0 radical (unpaired) electrons. The van der Waals surface area contributed by atoms with E-state index < -0.39 is 0 Å². The largest absolute Gasteiger partial charge is 0.322 e. The van der Waals surface area contributed by atoms with E-state index in [0.717, 1.165) is 16.6 Å². The summed E-state index contributed by atoms with van der Waals surface area (Å²) < 4.78 is 0. The fourth-order valence-electron chi connectivity index (χ4n) is 1.49. The fourth-order valence-corrected chi connectivity index (χ4v) is 1.49. The number of nitriles is 1. The lowest BCUT2D eigenvalue weighted by Crippen LogP contribution is -2.10. The molecule has 0 aliphatic rings. The predicted molar refractivity (Wildman–Crippen MR) is 66.1 cm³/mol. The zero-order valence-electron chi connectivity index (χ0n) is 8.63. The van der Waals surface area contributed by atoms with E-state index in [1.807, 2.05) is 42.5 Å². The summed E-state index contributed by atoms with van der Waals surface area (Å²) in [5.41, 5.74) is 7.50. The van der Waals surface area contributed by atoms with Crippen LogP contribution in [0.4, 0.5) is 0 Å². The number of benzene rings is 1. The van der Waals surface area contributed by atoms with Crippen molar-refractivity contribution in [2.75, 3.05) is 0 Å². The Morgan fingerprint density at radius 1 is 1.25 bits per heavy atom. The summed E-state index contributed by atoms with van der Waals surface area (Å²) in [5.74, 6) is 0. The maximum atomic E-state index is 8.55. The number of fused-ring (bicyclic) bond motifs is 1. The molecule has 1 aromatic carbocycles. The quantitative estimate of drug-likeness (QED) is 0.867. The molecule has 0 aliphatic heterocycles. The van der Waals surface area contributed by atoms with Crippen molar-refractivity contribution in [1.82, 2.24) is 4.98 Å². The van der Waals surface area contributed by atoms with Crippen molar-refractivity contribution in [2.24, 2.45) is 5.73 Å². The average Bonchev–Trinajstić information content (AvgIpc) is 2.29. The third-order valence-electron chi connectivity index (χ3n) is 2.31. The van der Waals surface area contributed by atoms with Gasteiger partial charge in [0.1, 0.15) is 0 Å². The van der Waals surface area contributed by atoms with Crippen LogP contribution in [0, 0.1) is 11.3 Å². The smallest absolute Gasteiger partial charge is 0.0706 e. The first-order chi connectivity index (χ1) is 7.31. The van der Waals surface area contributed by atoms with Crippen molar-refractivity contribution in [1.29, 1.82) is 5.26 Å². The van der Waals surface area contributed by atoms with Crippen LogP contribution in [0.2, 0.25) is 0 Å². The lowest BCUT2D eigenvalue weighted by molar-refractivity contribution is 0.724. The van der Waals surface area contributed by atoms with E-state index in [-0.39, 0.29) is 18.4 Å². The van der Waals surface area contributed by atoms with Gasteiger partial charge in [-0.15, -0.1) is 12.4 Å². The number of pyridine rings is 1. The SMILES string of the molecule is Cl.N#CC[C@@H](N)c1ccc2ccccc2n1. The minimum absolute atomic E-state index is 0. The molecule has 0 fully saturated rings. The van der Waals surface area contributed by atoms with Crippen LogP contribution >= 0.6 is 12.4 Å². The zero-order chi connectivity index (χ0) is 10.7. The number of aromatic nitrogens is 1. The Bertz CT molecular complexity index is 519. The van der Waals surface area contributed by atoms with Crippen molar-refractivity contribution >= 4 is 23.3 Å². The molecule has 0 saturated heterocycles. The average molecular weight is 234 g/mol. The minimum atomic E-state index is -0.292. The molecule has 0 aliphatic carbocycles. The third kappa shape index (κ3) is 2.48. The summed E-state index contributed by atoms with van der Waals surface area (Å²) in [5, 5.41) is 9.64. The molecular weight excluding hydrogens is 222 g/mol. The first kappa shape index (κ1) is 12.4. The molecule has 82 valence electrons. The van der Waals surface area contributed by atoms with Gasteiger partial charge in [0.05, 0.1) is 29.7 Å². The number of hydrogen-bond donors (Lipinski definition) is 1. The highest BCUT2D eigenvalue weighted by atomic mass is 35.5. The summed E-state index contributed by atoms with van der Waals surface area (Å²) in [6.07, 6.45) is 0.297. The topological polar surface area (TPSA) is 62.7 Å². The number of rotatable bonds is 2. The van der Waals surface area contributed by atoms with E-state index >= 15 is 0 Å². The molecule has 0 saturated carbocycles. The highest BCUT2D eigenvalue weighted by Gasteiger charge is 2.06. The van der Waals surface area contributed by atoms with Crippen molar-refractivity contribution in [2.45, 2.75) is 12.5 Å². The Labute approximate surface area is 100 Å². The van der Waals surface area contributed by atoms with E-state index in [1.54, 1.807) is 0 Å². The maximum Gasteiger partial charge on any atom is 0.0706 e. The number of halogens is 1. The van der Waals surface area contributed by atoms with Crippen LogP contribution in [0.3, 0.4) is 0 Å². The summed E-state index contributed by atoms with van der Waals surface area (Å²) in [4.78, 5) is 4.42. The molecule has 0 bridgehead atoms. The molecule has 3 nitrogen and oxygen atoms in total. The zero-order valence-corrected chi connectivity index (χ0v) is 9.45. The third-order valence-corrected chi connectivity index (χ3v) is 2.31. The van der Waals surface area contributed by atoms with Gasteiger partial charge in [-0.05, 0) is 12.1 Å². The van der Waals surface area contributed by atoms with Gasteiger partial charge in [-0.3, -0.25) is 4.98 Å². The molecular formula is C12H12ClN3. The number of nitrogens with two attached hydrogens (primary N) is 1. The molecule has 1 heterocycles. The summed E-state index contributed by atoms with van der Waals surface area (Å²) >= 11 is 0. The Kier molecular flexibility index (Phi) is 4.24. The number of para-hydroxylation sites is 1. The molecule has 4 heteroatoms. The molecule has 2 aromatic rings. The van der Waals surface area contributed by atoms with Crippen molar-refractivity contribution < 1.29 is 0 Å². The van der Waals surface area contributed by atoms with E-state index in [4.69, 9.17) is 11.0 Å². The molecule has 0 amide bonds. The van der Waals surface area contributed by atoms with Crippen LogP contribution in [-0.2, 0) is 0 Å². The predicted octanol–water partition coefficient (Wildman–Crippen LogP) is 2.57. The Morgan fingerprint density at radius 2 is 2.00 bits per heavy atom. The summed E-state index contributed by atoms with van der Waals surface area (Å²) in [6, 6.07) is 13.5. The first-order valence-electron chi connectivity index (χ1n) is 4.79. The van der Waals surface area contributed by atoms with Gasteiger partial charge in [-0.2, -0.15) is 5.26 Å². The highest BCUT2D eigenvalue weighted by Crippen LogP contribution is 2.16. The maximum absolute atomic E-state index is 8.55. The standard InChI is InChI=1S/C12H11N3.ClH/c13-8-7-10(14)12-6-5-9-3-1-2-4-11(9)15-12;/h1-6,10H,7,14H2;1H/t10-;/m1./s1. The van der Waals surface area contributed by atoms with Crippen LogP contribution in [0.5, 0.6) is 0 Å². The summed E-state index contributed by atoms with van der Waals surface area (Å²) in [7, 11) is 0. The normalized spacial score (nSPS) is 11.5. The van der Waals surface area contributed by atoms with Gasteiger partial charge in [0, 0.05) is 5.39 Å². The Balaban J connectivity index is 0.00000128. The molecule has 16 heavy (non-hydrogen) atoms. The van der Waals surface area contributed by atoms with Crippen molar-refractivity contribution in [3.05, 3.63) is 42.1 Å². The van der Waals surface area contributed by atoms with E-state index in [1.165, 1.54) is 0 Å². The van der Waals surface area contributed by atoms with Crippen LogP contribution in [-0.4, -0.2) is 4.98 Å². The van der Waals surface area contributed by atoms with E-state index in [2.05, 4.69) is 4.98 Å². The molecule has 2 rings (SSSR count). The lowest BCUT2D eigenvalue weighted by atomic mass is 10.1. The second-order valence-electron chi connectivity index (χ2n) is 3.40. The summed E-state index contributed by atoms with van der Waals surface area (Å²) in [6.45, 7) is 0. The number of hydrogen-bond acceptors (Lipinski definition) is 3. The van der Waals surface area contributed by atoms with Gasteiger partial charge in [-0.25, -0.2) is 0 Å². The second kappa shape index (κ2) is 5.45. The lowest BCUT2D eigenvalue weighted by Gasteiger charge is -2.07. The molecule has 1 aromatic heterocycles. The van der Waals surface area contributed by atoms with Gasteiger partial charge in [0.2, 0.25) is 0 Å². The number of nitrogens with zero attached hydrogens (tertiary/aromatic N) is 2. The van der Waals surface area contributed by atoms with Gasteiger partial charge in [0.15, 0.2) is 0 Å². The van der Waals surface area contributed by atoms with Crippen LogP contribution in [0.25, 0.3) is 10.9 Å². The molecule has 0 unspecified atom stereocenters. The Morgan fingerprint density at radius 3 is 2.75 bits per heavy atom. The van der Waals surface area contributed by atoms with Crippen LogP contribution < -0.4 is 5.73 Å². The monoisotopic (exact) mass is 233 g/mol. The fraction of sp³-hybridized carbons (Fsp3) is 0.167. The molecule has 1 atom stereocenters. The molecule has 0 spiro atoms. The van der Waals surface area contributed by atoms with Crippen molar-refractivity contribution in [3.63, 3.8) is 0 Å². The van der Waals surface area contributed by atoms with Gasteiger partial charge in [-0.1, -0.05) is 24.3 Å². The van der Waals surface area contributed by atoms with Gasteiger partial charge in [0.25, 0.3) is 0 Å². The highest BCUT2D eigenvalue weighted by molar-refractivity contribution is 5.85. The van der Waals surface area contributed by atoms with Gasteiger partial charge < -0.3 is 5.73 Å². The van der Waals surface area contributed by atoms with E-state index in [0.29, 0.717) is 6.42 Å². The van der Waals surface area contributed by atoms with Crippen LogP contribution in [0.15, 0.2) is 36.4 Å². The van der Waals surface area contributed by atoms with Gasteiger partial charge >= 0.3 is 0 Å². The second-order valence-corrected chi connectivity index (χ2v) is 3.40. The Hall–Kier alpha value is -1.63. The first-order valence-corrected chi connectivity index (χ1v) is 4.79. The van der Waals surface area contributed by atoms with E-state index in [9.17, 15) is 0 Å². The van der Waals surface area contributed by atoms with Crippen LogP contribution in [0.1, 0.15) is 18.2 Å². The molecule has 2 N–H and O–H groups in total.